The first-order chi connectivity index (χ1) is 15.2. The average Bonchev–Trinajstić information content (AvgIpc) is 2.77. The molecule has 0 saturated heterocycles. The Labute approximate surface area is 185 Å². The van der Waals surface area contributed by atoms with Crippen LogP contribution in [0.15, 0.2) is 0 Å². The normalized spacial score (nSPS) is 8.94. The van der Waals surface area contributed by atoms with Gasteiger partial charge < -0.3 is 47.4 Å². The number of ether oxygens (including phenoxy) is 10. The molecule has 0 bridgehead atoms. The topological polar surface area (TPSA) is 178 Å². The van der Waals surface area contributed by atoms with E-state index in [0.717, 1.165) is 0 Å². The van der Waals surface area contributed by atoms with Crippen LogP contribution in [0.5, 0.6) is 0 Å². The first-order valence-corrected chi connectivity index (χ1v) is 8.42. The second-order valence-corrected chi connectivity index (χ2v) is 4.70. The van der Waals surface area contributed by atoms with Gasteiger partial charge in [-0.15, -0.1) is 0 Å². The van der Waals surface area contributed by atoms with Gasteiger partial charge in [0.2, 0.25) is 6.79 Å². The summed E-state index contributed by atoms with van der Waals surface area (Å²) in [7, 11) is 7.95. The molecule has 188 valence electrons. The van der Waals surface area contributed by atoms with E-state index in [-0.39, 0.29) is 33.2 Å². The van der Waals surface area contributed by atoms with Gasteiger partial charge >= 0.3 is 30.0 Å². The lowest BCUT2D eigenvalue weighted by atomic mass is 10.4. The van der Waals surface area contributed by atoms with E-state index in [1.807, 2.05) is 0 Å². The van der Waals surface area contributed by atoms with E-state index in [4.69, 9.17) is 0 Å². The summed E-state index contributed by atoms with van der Waals surface area (Å²) < 4.78 is 43.6. The van der Waals surface area contributed by atoms with Gasteiger partial charge in [-0.05, 0) is 0 Å². The van der Waals surface area contributed by atoms with Crippen LogP contribution in [0.25, 0.3) is 0 Å². The van der Waals surface area contributed by atoms with Crippen LogP contribution in [0, 0.1) is 0 Å². The molecule has 0 atom stereocenters. The molecule has 0 N–H and O–H groups in total. The number of rotatable bonds is 12. The van der Waals surface area contributed by atoms with Crippen LogP contribution in [-0.2, 0) is 66.5 Å². The van der Waals surface area contributed by atoms with Crippen molar-refractivity contribution in [2.75, 3.05) is 76.3 Å². The summed E-state index contributed by atoms with van der Waals surface area (Å²) in [5, 5.41) is 0. The van der Waals surface area contributed by atoms with Crippen molar-refractivity contribution in [2.45, 2.75) is 6.42 Å². The van der Waals surface area contributed by atoms with Gasteiger partial charge in [0.05, 0.1) is 14.2 Å². The van der Waals surface area contributed by atoms with Crippen molar-refractivity contribution in [2.24, 2.45) is 0 Å². The van der Waals surface area contributed by atoms with Crippen molar-refractivity contribution in [3.63, 3.8) is 0 Å². The van der Waals surface area contributed by atoms with Crippen molar-refractivity contribution >= 4 is 30.0 Å². The summed E-state index contributed by atoms with van der Waals surface area (Å²) in [5.74, 6) is -2.45. The summed E-state index contributed by atoms with van der Waals surface area (Å²) in [6.45, 7) is -0.948. The first kappa shape index (κ1) is 33.6. The van der Waals surface area contributed by atoms with E-state index in [9.17, 15) is 24.0 Å². The monoisotopic (exact) mass is 474 g/mol. The van der Waals surface area contributed by atoms with Crippen molar-refractivity contribution in [1.29, 1.82) is 0 Å². The van der Waals surface area contributed by atoms with Crippen LogP contribution < -0.4 is 0 Å². The maximum atomic E-state index is 10.6. The molecule has 0 aromatic heterocycles. The van der Waals surface area contributed by atoms with Gasteiger partial charge in [-0.2, -0.15) is 0 Å². The van der Waals surface area contributed by atoms with Crippen molar-refractivity contribution in [3.05, 3.63) is 0 Å². The van der Waals surface area contributed by atoms with E-state index in [1.165, 1.54) is 42.7 Å². The van der Waals surface area contributed by atoms with Crippen LogP contribution in [0.2, 0.25) is 0 Å². The molecular weight excluding hydrogens is 444 g/mol. The Kier molecular flexibility index (Phi) is 27.3. The van der Waals surface area contributed by atoms with Gasteiger partial charge in [0.25, 0.3) is 0 Å². The molecule has 0 aliphatic carbocycles. The number of carbonyl (C=O) groups excluding carboxylic acids is 5. The molecule has 15 nitrogen and oxygen atoms in total. The molecule has 0 spiro atoms. The highest BCUT2D eigenvalue weighted by molar-refractivity contribution is 5.91. The lowest BCUT2D eigenvalue weighted by Gasteiger charge is -2.04. The summed E-state index contributed by atoms with van der Waals surface area (Å²) in [5.41, 5.74) is 0. The fraction of sp³-hybridized carbons (Fsp3) is 0.706. The molecule has 0 aliphatic heterocycles. The third kappa shape index (κ3) is 29.2. The van der Waals surface area contributed by atoms with E-state index in [2.05, 4.69) is 47.4 Å². The first-order valence-electron chi connectivity index (χ1n) is 8.42. The minimum Gasteiger partial charge on any atom is -0.469 e. The van der Waals surface area contributed by atoms with Crippen molar-refractivity contribution in [3.8, 4) is 0 Å². The predicted molar refractivity (Wildman–Crippen MR) is 101 cm³/mol. The zero-order valence-electron chi connectivity index (χ0n) is 18.9. The number of carbonyl (C=O) groups is 5. The molecule has 32 heavy (non-hydrogen) atoms. The number of hydrogen-bond acceptors (Lipinski definition) is 15. The van der Waals surface area contributed by atoms with Crippen LogP contribution in [-0.4, -0.2) is 106 Å². The highest BCUT2D eigenvalue weighted by Crippen LogP contribution is 1.88. The molecule has 0 radical (unpaired) electrons. The van der Waals surface area contributed by atoms with E-state index in [1.54, 1.807) is 0 Å². The lowest BCUT2D eigenvalue weighted by Crippen LogP contribution is -2.18. The number of hydrogen-bond donors (Lipinski definition) is 0. The molecule has 0 aliphatic rings. The molecule has 0 aromatic carbocycles. The van der Waals surface area contributed by atoms with E-state index in [0.29, 0.717) is 0 Å². The van der Waals surface area contributed by atoms with Crippen LogP contribution in [0.4, 0.5) is 4.79 Å². The van der Waals surface area contributed by atoms with Crippen LogP contribution >= 0.6 is 0 Å². The van der Waals surface area contributed by atoms with Crippen molar-refractivity contribution in [1.82, 2.24) is 0 Å². The molecule has 15 heteroatoms. The van der Waals surface area contributed by atoms with Gasteiger partial charge in [-0.1, -0.05) is 0 Å². The van der Waals surface area contributed by atoms with Gasteiger partial charge in [-0.3, -0.25) is 9.59 Å². The van der Waals surface area contributed by atoms with Gasteiger partial charge in [0, 0.05) is 28.4 Å². The Hall–Kier alpha value is -3.01. The van der Waals surface area contributed by atoms with Gasteiger partial charge in [-0.25, -0.2) is 14.4 Å². The summed E-state index contributed by atoms with van der Waals surface area (Å²) >= 11 is 0. The zero-order valence-corrected chi connectivity index (χ0v) is 18.9. The SMILES string of the molecule is COCC(=O)OCOC(=O)COC.COCOC(=O)CC(=O)OC.COCOC(=O)OC. The molecule has 0 rings (SSSR count). The van der Waals surface area contributed by atoms with Gasteiger partial charge in [0.1, 0.15) is 19.6 Å². The fourth-order valence-electron chi connectivity index (χ4n) is 1.01. The standard InChI is InChI=1S/C7H12O6.C6H10O5.C4H8O4/c1-10-3-6(8)12-5-13-7(9)4-11-2;1-9-4-11-6(8)3-5(7)10-2;1-6-3-8-4(5)7-2/h3-5H2,1-2H3;3-4H2,1-2H3;3H2,1-2H3. The number of esters is 4. The van der Waals surface area contributed by atoms with Gasteiger partial charge in [0.15, 0.2) is 13.6 Å². The average molecular weight is 474 g/mol. The second kappa shape index (κ2) is 26.0. The second-order valence-electron chi connectivity index (χ2n) is 4.70. The Bertz CT molecular complexity index is 502. The Morgan fingerprint density at radius 3 is 1.28 bits per heavy atom. The van der Waals surface area contributed by atoms with E-state index >= 15 is 0 Å². The maximum Gasteiger partial charge on any atom is 0.510 e. The lowest BCUT2D eigenvalue weighted by molar-refractivity contribution is -0.172. The highest BCUT2D eigenvalue weighted by atomic mass is 16.8. The minimum atomic E-state index is -0.730. The molecule has 0 heterocycles. The third-order valence-electron chi connectivity index (χ3n) is 2.28. The van der Waals surface area contributed by atoms with Crippen molar-refractivity contribution < 1.29 is 71.3 Å². The molecule has 0 unspecified atom stereocenters. The van der Waals surface area contributed by atoms with Crippen LogP contribution in [0.1, 0.15) is 6.42 Å². The third-order valence-corrected chi connectivity index (χ3v) is 2.28. The Morgan fingerprint density at radius 2 is 0.906 bits per heavy atom. The Balaban J connectivity index is -0.000000406. The quantitative estimate of drug-likeness (QED) is 0.151. The summed E-state index contributed by atoms with van der Waals surface area (Å²) in [6, 6.07) is 0. The summed E-state index contributed by atoms with van der Waals surface area (Å²) in [6.07, 6.45) is -1.10. The zero-order chi connectivity index (χ0) is 25.2. The van der Waals surface area contributed by atoms with E-state index < -0.39 is 36.8 Å². The smallest absolute Gasteiger partial charge is 0.469 e. The minimum absolute atomic E-state index is 0.0628. The Morgan fingerprint density at radius 1 is 0.469 bits per heavy atom. The molecule has 0 aromatic rings. The fourth-order valence-corrected chi connectivity index (χ4v) is 1.01. The van der Waals surface area contributed by atoms with Crippen LogP contribution in [0.3, 0.4) is 0 Å². The molecule has 0 saturated carbocycles. The number of methoxy groups -OCH3 is 6. The largest absolute Gasteiger partial charge is 0.510 e. The summed E-state index contributed by atoms with van der Waals surface area (Å²) in [4.78, 5) is 52.3. The highest BCUT2D eigenvalue weighted by Gasteiger charge is 2.09. The molecular formula is C17H30O15. The molecule has 0 amide bonds. The molecule has 0 fully saturated rings. The maximum absolute atomic E-state index is 10.6. The predicted octanol–water partition coefficient (Wildman–Crippen LogP) is -0.607.